The third-order valence-electron chi connectivity index (χ3n) is 5.71. The minimum Gasteiger partial charge on any atom is -0.464 e. The topological polar surface area (TPSA) is 187 Å². The van der Waals surface area contributed by atoms with Crippen molar-refractivity contribution in [2.45, 2.75) is 97.1 Å². The molecule has 0 aliphatic heterocycles. The van der Waals surface area contributed by atoms with E-state index in [1.807, 2.05) is 13.8 Å². The lowest BCUT2D eigenvalue weighted by atomic mass is 9.96. The summed E-state index contributed by atoms with van der Waals surface area (Å²) in [5, 5.41) is 2.79. The van der Waals surface area contributed by atoms with Gasteiger partial charge in [-0.15, -0.1) is 0 Å². The summed E-state index contributed by atoms with van der Waals surface area (Å²) in [4.78, 5) is 35.2. The fourth-order valence-corrected chi connectivity index (χ4v) is 4.37. The van der Waals surface area contributed by atoms with E-state index in [-0.39, 0.29) is 24.5 Å². The molecule has 2 aromatic heterocycles. The van der Waals surface area contributed by atoms with Crippen LogP contribution in [0.5, 0.6) is 0 Å². The smallest absolute Gasteiger partial charge is 0.461 e. The molecule has 0 bridgehead atoms. The molecule has 1 fully saturated rings. The van der Waals surface area contributed by atoms with Gasteiger partial charge in [-0.3, -0.25) is 4.79 Å². The van der Waals surface area contributed by atoms with Gasteiger partial charge >= 0.3 is 19.9 Å². The van der Waals surface area contributed by atoms with Gasteiger partial charge in [0.05, 0.1) is 25.6 Å². The quantitative estimate of drug-likeness (QED) is 0.187. The number of fused-ring (bicyclic) bond motifs is 1. The Kier molecular flexibility index (Phi) is 12.4. The summed E-state index contributed by atoms with van der Waals surface area (Å²) in [5.74, 6) is -0.387. The van der Waals surface area contributed by atoms with Crippen molar-refractivity contribution in [2.24, 2.45) is 5.73 Å². The maximum absolute atomic E-state index is 12.3. The van der Waals surface area contributed by atoms with Gasteiger partial charge in [0, 0.05) is 0 Å². The van der Waals surface area contributed by atoms with E-state index in [2.05, 4.69) is 20.0 Å². The molecule has 3 rings (SSSR count). The van der Waals surface area contributed by atoms with Crippen molar-refractivity contribution in [1.29, 1.82) is 0 Å². The molecule has 1 aliphatic carbocycles. The first-order valence-electron chi connectivity index (χ1n) is 12.8. The van der Waals surface area contributed by atoms with Crippen LogP contribution in [0.1, 0.15) is 66.7 Å². The zero-order valence-electron chi connectivity index (χ0n) is 22.9. The van der Waals surface area contributed by atoms with Crippen LogP contribution in [-0.2, 0) is 34.9 Å². The number of carbonyl (C=O) groups is 2. The summed E-state index contributed by atoms with van der Waals surface area (Å²) >= 11 is 0. The summed E-state index contributed by atoms with van der Waals surface area (Å²) in [7, 11) is -1.95. The Hall–Kier alpha value is -2.73. The van der Waals surface area contributed by atoms with Crippen molar-refractivity contribution in [1.82, 2.24) is 24.6 Å². The summed E-state index contributed by atoms with van der Waals surface area (Å²) in [6.45, 7) is 9.60. The highest BCUT2D eigenvalue weighted by molar-refractivity contribution is 7.42. The average Bonchev–Trinajstić information content (AvgIpc) is 3.24. The van der Waals surface area contributed by atoms with Crippen LogP contribution in [0.3, 0.4) is 0 Å². The minimum absolute atomic E-state index is 0.0358. The van der Waals surface area contributed by atoms with Gasteiger partial charge in [0.25, 0.3) is 6.35 Å². The van der Waals surface area contributed by atoms with Crippen molar-refractivity contribution in [2.75, 3.05) is 18.7 Å². The first-order valence-corrected chi connectivity index (χ1v) is 14.3. The number of hydrogen-bond acceptors (Lipinski definition) is 11. The van der Waals surface area contributed by atoms with Crippen LogP contribution >= 0.6 is 7.95 Å². The molecule has 0 aromatic carbocycles. The van der Waals surface area contributed by atoms with Crippen molar-refractivity contribution in [3.05, 3.63) is 12.7 Å². The molecule has 3 atom stereocenters. The van der Waals surface area contributed by atoms with Gasteiger partial charge in [0.15, 0.2) is 17.0 Å². The molecule has 0 saturated heterocycles. The SMILES string of the molecule is CC(N)C(=O)OC1CCC1.CCCCOC(=O)C(C)(C)N[P+](=O)COC(C)Cn1cnc2c(N)ncnc21. The van der Waals surface area contributed by atoms with E-state index in [0.717, 1.165) is 25.7 Å². The lowest BCUT2D eigenvalue weighted by Gasteiger charge is -2.25. The number of nitrogen functional groups attached to an aromatic ring is 1. The maximum atomic E-state index is 12.3. The standard InChI is InChI=1S/C17H28N6O4P.C7H13NO2/c1-5-6-7-26-16(24)17(3,4)22-28(25)11-27-12(2)8-23-10-21-13-14(18)19-9-20-15(13)23;1-5(8)7(9)10-6-3-2-4-6/h9-10,12H,5-8,11H2,1-4H3,(H,22,25)(H2,18,19,20);5-6H,2-4,8H2,1H3/q+1;. The molecule has 5 N–H and O–H groups in total. The fourth-order valence-electron chi connectivity index (χ4n) is 3.20. The summed E-state index contributed by atoms with van der Waals surface area (Å²) in [6, 6.07) is -0.472. The Balaban J connectivity index is 0.000000423. The summed E-state index contributed by atoms with van der Waals surface area (Å²) in [5.41, 5.74) is 11.2. The molecule has 3 unspecified atom stereocenters. The Bertz CT molecular complexity index is 1070. The van der Waals surface area contributed by atoms with Crippen molar-refractivity contribution in [3.63, 3.8) is 0 Å². The summed E-state index contributed by atoms with van der Waals surface area (Å²) < 4.78 is 29.9. The van der Waals surface area contributed by atoms with Gasteiger partial charge in [0.2, 0.25) is 0 Å². The molecular weight excluding hydrogens is 513 g/mol. The highest BCUT2D eigenvalue weighted by Gasteiger charge is 2.37. The molecule has 212 valence electrons. The van der Waals surface area contributed by atoms with Gasteiger partial charge in [-0.2, -0.15) is 0 Å². The highest BCUT2D eigenvalue weighted by Crippen LogP contribution is 2.23. The zero-order chi connectivity index (χ0) is 28.3. The number of anilines is 1. The molecule has 38 heavy (non-hydrogen) atoms. The van der Waals surface area contributed by atoms with E-state index in [1.54, 1.807) is 31.7 Å². The second kappa shape index (κ2) is 15.0. The van der Waals surface area contributed by atoms with E-state index in [4.69, 9.17) is 25.7 Å². The highest BCUT2D eigenvalue weighted by atomic mass is 31.1. The molecule has 0 amide bonds. The number of imidazole rings is 1. The lowest BCUT2D eigenvalue weighted by Crippen LogP contribution is -2.44. The van der Waals surface area contributed by atoms with Gasteiger partial charge < -0.3 is 30.2 Å². The molecule has 2 heterocycles. The Labute approximate surface area is 224 Å². The van der Waals surface area contributed by atoms with Crippen LogP contribution in [0.15, 0.2) is 12.7 Å². The van der Waals surface area contributed by atoms with Crippen LogP contribution in [0.25, 0.3) is 11.2 Å². The van der Waals surface area contributed by atoms with E-state index in [9.17, 15) is 14.2 Å². The number of nitrogens with zero attached hydrogens (tertiary/aromatic N) is 4. The average molecular weight is 555 g/mol. The minimum atomic E-state index is -1.95. The lowest BCUT2D eigenvalue weighted by molar-refractivity contribution is -0.154. The Morgan fingerprint density at radius 1 is 1.26 bits per heavy atom. The molecule has 0 radical (unpaired) electrons. The monoisotopic (exact) mass is 554 g/mol. The van der Waals surface area contributed by atoms with Gasteiger partial charge in [-0.1, -0.05) is 18.4 Å². The molecule has 2 aromatic rings. The first kappa shape index (κ1) is 31.5. The molecular formula is C24H41N7O6P+. The molecule has 1 saturated carbocycles. The zero-order valence-corrected chi connectivity index (χ0v) is 23.8. The number of hydrogen-bond donors (Lipinski definition) is 3. The third-order valence-corrected chi connectivity index (χ3v) is 6.90. The van der Waals surface area contributed by atoms with E-state index in [0.29, 0.717) is 30.1 Å². The number of aromatic nitrogens is 4. The van der Waals surface area contributed by atoms with E-state index < -0.39 is 25.5 Å². The van der Waals surface area contributed by atoms with Crippen LogP contribution in [0, 0.1) is 0 Å². The normalized spacial score (nSPS) is 15.6. The first-order chi connectivity index (χ1) is 17.9. The number of esters is 2. The van der Waals surface area contributed by atoms with Crippen molar-refractivity contribution < 1.29 is 28.4 Å². The van der Waals surface area contributed by atoms with Crippen LogP contribution in [0.2, 0.25) is 0 Å². The largest absolute Gasteiger partial charge is 0.464 e. The van der Waals surface area contributed by atoms with Crippen molar-refractivity contribution in [3.8, 4) is 0 Å². The molecule has 14 heteroatoms. The predicted octanol–water partition coefficient (Wildman–Crippen LogP) is 2.65. The maximum Gasteiger partial charge on any atom is 0.461 e. The molecule has 0 spiro atoms. The second-order valence-corrected chi connectivity index (χ2v) is 11.1. The van der Waals surface area contributed by atoms with Crippen LogP contribution in [0.4, 0.5) is 5.82 Å². The van der Waals surface area contributed by atoms with E-state index >= 15 is 0 Å². The summed E-state index contributed by atoms with van der Waals surface area (Å²) in [6.07, 6.45) is 7.81. The number of nitrogens with two attached hydrogens (primary N) is 2. The van der Waals surface area contributed by atoms with Gasteiger partial charge in [-0.05, 0) is 57.9 Å². The number of rotatable bonds is 13. The Morgan fingerprint density at radius 3 is 2.58 bits per heavy atom. The molecule has 13 nitrogen and oxygen atoms in total. The second-order valence-electron chi connectivity index (χ2n) is 9.82. The fraction of sp³-hybridized carbons (Fsp3) is 0.708. The van der Waals surface area contributed by atoms with Gasteiger partial charge in [-0.25, -0.2) is 19.7 Å². The predicted molar refractivity (Wildman–Crippen MR) is 143 cm³/mol. The number of carbonyl (C=O) groups excluding carboxylic acids is 2. The molecule has 1 aliphatic rings. The van der Waals surface area contributed by atoms with Crippen LogP contribution < -0.4 is 16.6 Å². The van der Waals surface area contributed by atoms with E-state index in [1.165, 1.54) is 12.7 Å². The van der Waals surface area contributed by atoms with Crippen LogP contribution in [-0.4, -0.2) is 68.2 Å². The number of nitrogens with one attached hydrogen (secondary N) is 1. The third kappa shape index (κ3) is 9.86. The number of ether oxygens (including phenoxy) is 3. The van der Waals surface area contributed by atoms with Crippen molar-refractivity contribution >= 4 is 36.9 Å². The number of unbranched alkanes of at least 4 members (excludes halogenated alkanes) is 1. The Morgan fingerprint density at radius 2 is 1.97 bits per heavy atom. The van der Waals surface area contributed by atoms with Gasteiger partial charge in [0.1, 0.15) is 24.0 Å².